The van der Waals surface area contributed by atoms with E-state index in [1.165, 1.54) is 41.1 Å². The Balaban J connectivity index is 1.81. The van der Waals surface area contributed by atoms with Crippen LogP contribution in [-0.2, 0) is 9.53 Å². The molecule has 2 aromatic rings. The second-order valence-corrected chi connectivity index (χ2v) is 7.45. The van der Waals surface area contributed by atoms with Gasteiger partial charge in [-0.05, 0) is 42.5 Å². The highest BCUT2D eigenvalue weighted by Crippen LogP contribution is 2.42. The van der Waals surface area contributed by atoms with Crippen LogP contribution in [0.25, 0.3) is 4.85 Å². The molecule has 1 N–H and O–H groups in total. The zero-order valence-electron chi connectivity index (χ0n) is 16.3. The predicted octanol–water partition coefficient (Wildman–Crippen LogP) is 3.17. The fourth-order valence-electron chi connectivity index (χ4n) is 3.85. The van der Waals surface area contributed by atoms with Gasteiger partial charge in [-0.1, -0.05) is 6.07 Å². The fourth-order valence-corrected chi connectivity index (χ4v) is 4.31. The summed E-state index contributed by atoms with van der Waals surface area (Å²) in [6, 6.07) is 7.72. The maximum atomic E-state index is 14.7. The molecule has 0 aliphatic carbocycles. The lowest BCUT2D eigenvalue weighted by atomic mass is 9.95. The zero-order valence-corrected chi connectivity index (χ0v) is 17.1. The SMILES string of the molecule is [C-]#[N+]c1ccc(N2C(=O)[C@]3(CCOC3)N(c3ccc(C(=O)NC)c(F)c3)C2=S)cc1F. The van der Waals surface area contributed by atoms with Gasteiger partial charge >= 0.3 is 0 Å². The third kappa shape index (κ3) is 3.13. The molecule has 2 aromatic carbocycles. The van der Waals surface area contributed by atoms with E-state index in [0.717, 1.165) is 12.1 Å². The molecule has 0 saturated carbocycles. The average molecular weight is 442 g/mol. The molecular weight excluding hydrogens is 426 g/mol. The number of nitrogens with zero attached hydrogens (tertiary/aromatic N) is 3. The van der Waals surface area contributed by atoms with Gasteiger partial charge < -0.3 is 15.0 Å². The number of carbonyl (C=O) groups excluding carboxylic acids is 2. The molecule has 2 heterocycles. The topological polar surface area (TPSA) is 66.2 Å². The van der Waals surface area contributed by atoms with E-state index >= 15 is 0 Å². The van der Waals surface area contributed by atoms with Crippen LogP contribution in [0.3, 0.4) is 0 Å². The number of carbonyl (C=O) groups is 2. The molecule has 2 fully saturated rings. The number of halogens is 2. The van der Waals surface area contributed by atoms with Crippen LogP contribution < -0.4 is 15.1 Å². The van der Waals surface area contributed by atoms with Crippen molar-refractivity contribution < 1.29 is 23.1 Å². The number of nitrogens with one attached hydrogen (secondary N) is 1. The van der Waals surface area contributed by atoms with Gasteiger partial charge in [-0.15, -0.1) is 0 Å². The number of hydrogen-bond acceptors (Lipinski definition) is 4. The summed E-state index contributed by atoms with van der Waals surface area (Å²) in [4.78, 5) is 31.0. The highest BCUT2D eigenvalue weighted by Gasteiger charge is 2.58. The highest BCUT2D eigenvalue weighted by molar-refractivity contribution is 7.81. The van der Waals surface area contributed by atoms with E-state index in [1.54, 1.807) is 0 Å². The number of rotatable bonds is 3. The normalized spacial score (nSPS) is 20.5. The monoisotopic (exact) mass is 442 g/mol. The van der Waals surface area contributed by atoms with Crippen molar-refractivity contribution in [1.82, 2.24) is 5.32 Å². The molecule has 2 amide bonds. The molecule has 2 saturated heterocycles. The Hall–Kier alpha value is -3.42. The summed E-state index contributed by atoms with van der Waals surface area (Å²) in [5.74, 6) is -2.56. The van der Waals surface area contributed by atoms with Crippen LogP contribution in [0.15, 0.2) is 36.4 Å². The third-order valence-electron chi connectivity index (χ3n) is 5.41. The first kappa shape index (κ1) is 20.8. The van der Waals surface area contributed by atoms with Gasteiger partial charge in [0.2, 0.25) is 5.69 Å². The van der Waals surface area contributed by atoms with Crippen LogP contribution in [0.1, 0.15) is 16.8 Å². The molecule has 158 valence electrons. The summed E-state index contributed by atoms with van der Waals surface area (Å²) >= 11 is 5.56. The molecule has 1 atom stereocenters. The molecule has 2 aliphatic heterocycles. The minimum atomic E-state index is -1.22. The Kier molecular flexibility index (Phi) is 5.16. The van der Waals surface area contributed by atoms with Crippen molar-refractivity contribution in [1.29, 1.82) is 0 Å². The predicted molar refractivity (Wildman–Crippen MR) is 113 cm³/mol. The van der Waals surface area contributed by atoms with Crippen molar-refractivity contribution in [2.75, 3.05) is 30.1 Å². The van der Waals surface area contributed by atoms with Gasteiger partial charge in [0.15, 0.2) is 10.7 Å². The molecule has 2 aliphatic rings. The van der Waals surface area contributed by atoms with Crippen molar-refractivity contribution in [3.05, 3.63) is 65.0 Å². The van der Waals surface area contributed by atoms with Gasteiger partial charge in [-0.3, -0.25) is 14.5 Å². The molecular formula is C21H16F2N4O3S. The van der Waals surface area contributed by atoms with E-state index in [0.29, 0.717) is 13.0 Å². The highest BCUT2D eigenvalue weighted by atomic mass is 32.1. The molecule has 0 aromatic heterocycles. The van der Waals surface area contributed by atoms with Crippen LogP contribution in [0.4, 0.5) is 25.8 Å². The Morgan fingerprint density at radius 3 is 2.52 bits per heavy atom. The van der Waals surface area contributed by atoms with Gasteiger partial charge in [0.25, 0.3) is 11.8 Å². The Labute approximate surface area is 182 Å². The number of thiocarbonyl (C=S) groups is 1. The standard InChI is InChI=1S/C21H16F2N4O3S/c1-24-17-6-4-12(9-16(17)23)26-19(29)21(7-8-30-11-21)27(20(26)31)13-3-5-14(15(22)10-13)18(28)25-2/h3-6,9-10H,7-8,11H2,2H3,(H,25,28)/t21-/m1/s1. The summed E-state index contributed by atoms with van der Waals surface area (Å²) in [7, 11) is 1.39. The van der Waals surface area contributed by atoms with E-state index in [-0.39, 0.29) is 34.3 Å². The van der Waals surface area contributed by atoms with Crippen LogP contribution >= 0.6 is 12.2 Å². The molecule has 10 heteroatoms. The summed E-state index contributed by atoms with van der Waals surface area (Å²) in [6.45, 7) is 7.30. The van der Waals surface area contributed by atoms with Gasteiger partial charge in [0.05, 0.1) is 24.4 Å². The molecule has 1 spiro atoms. The molecule has 0 radical (unpaired) electrons. The van der Waals surface area contributed by atoms with E-state index < -0.39 is 29.0 Å². The van der Waals surface area contributed by atoms with Gasteiger partial charge in [0, 0.05) is 25.8 Å². The van der Waals surface area contributed by atoms with E-state index in [9.17, 15) is 18.4 Å². The summed E-state index contributed by atoms with van der Waals surface area (Å²) < 4.78 is 34.4. The lowest BCUT2D eigenvalue weighted by Gasteiger charge is -2.31. The number of ether oxygens (including phenoxy) is 1. The summed E-state index contributed by atoms with van der Waals surface area (Å²) in [5, 5.41) is 2.39. The second kappa shape index (κ2) is 7.68. The summed E-state index contributed by atoms with van der Waals surface area (Å²) in [5.41, 5.74) is -1.10. The zero-order chi connectivity index (χ0) is 22.3. The largest absolute Gasteiger partial charge is 0.378 e. The van der Waals surface area contributed by atoms with Gasteiger partial charge in [-0.25, -0.2) is 13.6 Å². The Morgan fingerprint density at radius 2 is 1.94 bits per heavy atom. The number of amides is 2. The molecule has 0 bridgehead atoms. The van der Waals surface area contributed by atoms with Crippen molar-refractivity contribution >= 4 is 46.2 Å². The molecule has 4 rings (SSSR count). The lowest BCUT2D eigenvalue weighted by Crippen LogP contribution is -2.50. The van der Waals surface area contributed by atoms with Crippen molar-refractivity contribution in [2.45, 2.75) is 12.0 Å². The average Bonchev–Trinajstić information content (AvgIpc) is 3.31. The molecule has 7 nitrogen and oxygen atoms in total. The van der Waals surface area contributed by atoms with Gasteiger partial charge in [0.1, 0.15) is 11.6 Å². The van der Waals surface area contributed by atoms with Crippen molar-refractivity contribution in [2.24, 2.45) is 0 Å². The second-order valence-electron chi connectivity index (χ2n) is 7.08. The van der Waals surface area contributed by atoms with Crippen LogP contribution in [0, 0.1) is 18.2 Å². The number of anilines is 2. The molecule has 0 unspecified atom stereocenters. The minimum Gasteiger partial charge on any atom is -0.378 e. The maximum Gasteiger partial charge on any atom is 0.262 e. The smallest absolute Gasteiger partial charge is 0.262 e. The molecule has 31 heavy (non-hydrogen) atoms. The van der Waals surface area contributed by atoms with Crippen LogP contribution in [0.2, 0.25) is 0 Å². The summed E-state index contributed by atoms with van der Waals surface area (Å²) in [6.07, 6.45) is 0.296. The number of benzene rings is 2. The number of hydrogen-bond donors (Lipinski definition) is 1. The quantitative estimate of drug-likeness (QED) is 0.584. The Morgan fingerprint density at radius 1 is 1.23 bits per heavy atom. The van der Waals surface area contributed by atoms with Crippen molar-refractivity contribution in [3.8, 4) is 0 Å². The fraction of sp³-hybridized carbons (Fsp3) is 0.238. The minimum absolute atomic E-state index is 0.0178. The lowest BCUT2D eigenvalue weighted by molar-refractivity contribution is -0.121. The van der Waals surface area contributed by atoms with E-state index in [2.05, 4.69) is 10.2 Å². The first-order valence-electron chi connectivity index (χ1n) is 9.29. The Bertz CT molecular complexity index is 1160. The van der Waals surface area contributed by atoms with Crippen LogP contribution in [-0.4, -0.2) is 42.7 Å². The maximum absolute atomic E-state index is 14.7. The third-order valence-corrected chi connectivity index (χ3v) is 5.77. The van der Waals surface area contributed by atoms with Gasteiger partial charge in [-0.2, -0.15) is 0 Å². The van der Waals surface area contributed by atoms with E-state index in [1.807, 2.05) is 0 Å². The first-order chi connectivity index (χ1) is 14.8. The van der Waals surface area contributed by atoms with Crippen LogP contribution in [0.5, 0.6) is 0 Å². The van der Waals surface area contributed by atoms with E-state index in [4.69, 9.17) is 23.5 Å². The van der Waals surface area contributed by atoms with Crippen molar-refractivity contribution in [3.63, 3.8) is 0 Å². The first-order valence-corrected chi connectivity index (χ1v) is 9.70.